The minimum atomic E-state index is 0.661. The molecule has 0 spiro atoms. The van der Waals surface area contributed by atoms with Crippen LogP contribution in [0.15, 0.2) is 34.5 Å². The van der Waals surface area contributed by atoms with Crippen LogP contribution in [0, 0.1) is 0 Å². The minimum absolute atomic E-state index is 0.661. The van der Waals surface area contributed by atoms with Crippen LogP contribution >= 0.6 is 15.9 Å². The quantitative estimate of drug-likeness (QED) is 0.706. The first-order chi connectivity index (χ1) is 7.24. The van der Waals surface area contributed by atoms with Gasteiger partial charge < -0.3 is 9.30 Å². The number of aromatic nitrogens is 1. The molecule has 0 amide bonds. The topological polar surface area (TPSA) is 14.2 Å². The Morgan fingerprint density at radius 3 is 3.07 bits per heavy atom. The van der Waals surface area contributed by atoms with Gasteiger partial charge in [-0.1, -0.05) is 15.9 Å². The standard InChI is InChI=1S/C12H10BrNO/c1-8-6-14-11(7-15-8)5-9-4-10(13)2-3-12(9)14/h2-6H,7H2,1H3. The second-order valence-corrected chi connectivity index (χ2v) is 4.65. The molecule has 3 heteroatoms. The maximum atomic E-state index is 5.49. The van der Waals surface area contributed by atoms with Crippen molar-refractivity contribution in [2.45, 2.75) is 13.5 Å². The molecule has 0 saturated heterocycles. The molecule has 2 aromatic rings. The van der Waals surface area contributed by atoms with Gasteiger partial charge in [0.25, 0.3) is 0 Å². The third-order valence-corrected chi connectivity index (χ3v) is 3.13. The highest BCUT2D eigenvalue weighted by molar-refractivity contribution is 9.10. The second-order valence-electron chi connectivity index (χ2n) is 3.74. The van der Waals surface area contributed by atoms with Gasteiger partial charge in [-0.3, -0.25) is 0 Å². The van der Waals surface area contributed by atoms with E-state index in [9.17, 15) is 0 Å². The molecule has 0 saturated carbocycles. The average molecular weight is 264 g/mol. The summed E-state index contributed by atoms with van der Waals surface area (Å²) in [5, 5.41) is 1.24. The van der Waals surface area contributed by atoms with Crippen LogP contribution in [0.4, 0.5) is 0 Å². The van der Waals surface area contributed by atoms with Gasteiger partial charge in [0.05, 0.1) is 11.2 Å². The summed E-state index contributed by atoms with van der Waals surface area (Å²) in [6, 6.07) is 8.49. The fourth-order valence-corrected chi connectivity index (χ4v) is 2.31. The van der Waals surface area contributed by atoms with E-state index in [4.69, 9.17) is 4.74 Å². The molecule has 0 atom stereocenters. The Morgan fingerprint density at radius 1 is 1.33 bits per heavy atom. The molecule has 15 heavy (non-hydrogen) atoms. The summed E-state index contributed by atoms with van der Waals surface area (Å²) >= 11 is 3.48. The predicted molar refractivity (Wildman–Crippen MR) is 64.4 cm³/mol. The van der Waals surface area contributed by atoms with Gasteiger partial charge in [-0.25, -0.2) is 0 Å². The summed E-state index contributed by atoms with van der Waals surface area (Å²) < 4.78 is 8.80. The Balaban J connectivity index is 2.34. The van der Waals surface area contributed by atoms with E-state index in [1.54, 1.807) is 0 Å². The number of hydrogen-bond acceptors (Lipinski definition) is 1. The number of rotatable bonds is 0. The number of ether oxygens (including phenoxy) is 1. The van der Waals surface area contributed by atoms with E-state index < -0.39 is 0 Å². The Labute approximate surface area is 96.3 Å². The van der Waals surface area contributed by atoms with Crippen LogP contribution in [-0.2, 0) is 11.3 Å². The lowest BCUT2D eigenvalue weighted by Crippen LogP contribution is -2.04. The molecule has 1 aliphatic rings. The number of halogens is 1. The lowest BCUT2D eigenvalue weighted by Gasteiger charge is -2.14. The summed E-state index contributed by atoms with van der Waals surface area (Å²) in [6.45, 7) is 2.64. The van der Waals surface area contributed by atoms with Gasteiger partial charge in [-0.2, -0.15) is 0 Å². The van der Waals surface area contributed by atoms with Gasteiger partial charge in [-0.05, 0) is 31.2 Å². The number of nitrogens with zero attached hydrogens (tertiary/aromatic N) is 1. The van der Waals surface area contributed by atoms with Gasteiger partial charge in [0.2, 0.25) is 0 Å². The van der Waals surface area contributed by atoms with Crippen molar-refractivity contribution in [3.05, 3.63) is 40.2 Å². The van der Waals surface area contributed by atoms with E-state index in [2.05, 4.69) is 44.8 Å². The Hall–Kier alpha value is -1.22. The summed E-state index contributed by atoms with van der Waals surface area (Å²) in [6.07, 6.45) is 2.04. The van der Waals surface area contributed by atoms with Crippen LogP contribution in [0.5, 0.6) is 0 Å². The second kappa shape index (κ2) is 3.14. The van der Waals surface area contributed by atoms with E-state index >= 15 is 0 Å². The molecule has 0 bridgehead atoms. The van der Waals surface area contributed by atoms with Crippen LogP contribution in [0.25, 0.3) is 17.1 Å². The van der Waals surface area contributed by atoms with Crippen LogP contribution in [-0.4, -0.2) is 4.57 Å². The van der Waals surface area contributed by atoms with E-state index in [-0.39, 0.29) is 0 Å². The maximum absolute atomic E-state index is 5.49. The van der Waals surface area contributed by atoms with E-state index in [0.717, 1.165) is 10.2 Å². The molecule has 3 rings (SSSR count). The Kier molecular flexibility index (Phi) is 1.89. The van der Waals surface area contributed by atoms with Crippen molar-refractivity contribution < 1.29 is 4.74 Å². The van der Waals surface area contributed by atoms with Gasteiger partial charge in [0, 0.05) is 16.1 Å². The summed E-state index contributed by atoms with van der Waals surface area (Å²) in [4.78, 5) is 0. The van der Waals surface area contributed by atoms with Crippen molar-refractivity contribution in [1.82, 2.24) is 4.57 Å². The van der Waals surface area contributed by atoms with Gasteiger partial charge in [0.15, 0.2) is 0 Å². The molecule has 2 heterocycles. The van der Waals surface area contributed by atoms with Crippen molar-refractivity contribution in [2.75, 3.05) is 0 Å². The van der Waals surface area contributed by atoms with Gasteiger partial charge in [0.1, 0.15) is 12.4 Å². The van der Waals surface area contributed by atoms with Crippen molar-refractivity contribution in [3.63, 3.8) is 0 Å². The zero-order valence-electron chi connectivity index (χ0n) is 8.33. The third-order valence-electron chi connectivity index (χ3n) is 2.64. The van der Waals surface area contributed by atoms with Crippen LogP contribution in [0.2, 0.25) is 0 Å². The van der Waals surface area contributed by atoms with Gasteiger partial charge in [-0.15, -0.1) is 0 Å². The molecule has 1 aliphatic heterocycles. The van der Waals surface area contributed by atoms with Crippen molar-refractivity contribution in [1.29, 1.82) is 0 Å². The van der Waals surface area contributed by atoms with Crippen LogP contribution in [0.3, 0.4) is 0 Å². The van der Waals surface area contributed by atoms with Crippen LogP contribution < -0.4 is 0 Å². The summed E-state index contributed by atoms with van der Waals surface area (Å²) in [5.74, 6) is 0.961. The highest BCUT2D eigenvalue weighted by Gasteiger charge is 2.12. The number of hydrogen-bond donors (Lipinski definition) is 0. The van der Waals surface area contributed by atoms with E-state index in [1.807, 2.05) is 13.1 Å². The first-order valence-electron chi connectivity index (χ1n) is 4.84. The highest BCUT2D eigenvalue weighted by Crippen LogP contribution is 2.27. The zero-order valence-corrected chi connectivity index (χ0v) is 9.91. The number of allylic oxidation sites excluding steroid dienone is 1. The monoisotopic (exact) mass is 263 g/mol. The molecule has 0 radical (unpaired) electrons. The summed E-state index contributed by atoms with van der Waals surface area (Å²) in [5.41, 5.74) is 2.43. The largest absolute Gasteiger partial charge is 0.490 e. The smallest absolute Gasteiger partial charge is 0.128 e. The predicted octanol–water partition coefficient (Wildman–Crippen LogP) is 3.75. The lowest BCUT2D eigenvalue weighted by molar-refractivity contribution is 0.190. The van der Waals surface area contributed by atoms with Crippen molar-refractivity contribution in [3.8, 4) is 0 Å². The maximum Gasteiger partial charge on any atom is 0.128 e. The third kappa shape index (κ3) is 1.38. The van der Waals surface area contributed by atoms with E-state index in [0.29, 0.717) is 6.61 Å². The first-order valence-corrected chi connectivity index (χ1v) is 5.64. The Morgan fingerprint density at radius 2 is 2.20 bits per heavy atom. The van der Waals surface area contributed by atoms with Crippen LogP contribution in [0.1, 0.15) is 12.6 Å². The first kappa shape index (κ1) is 9.04. The van der Waals surface area contributed by atoms with Gasteiger partial charge >= 0.3 is 0 Å². The fourth-order valence-electron chi connectivity index (χ4n) is 1.93. The molecular formula is C12H10BrNO. The summed E-state index contributed by atoms with van der Waals surface area (Å²) in [7, 11) is 0. The molecule has 0 fully saturated rings. The zero-order chi connectivity index (χ0) is 10.4. The lowest BCUT2D eigenvalue weighted by atomic mass is 10.2. The molecule has 0 N–H and O–H groups in total. The molecule has 76 valence electrons. The highest BCUT2D eigenvalue weighted by atomic mass is 79.9. The molecular weight excluding hydrogens is 254 g/mol. The molecule has 0 unspecified atom stereocenters. The molecule has 1 aromatic carbocycles. The fraction of sp³-hybridized carbons (Fsp3) is 0.167. The SMILES string of the molecule is CC1=Cn2c(cc3cc(Br)ccc32)CO1. The molecule has 1 aromatic heterocycles. The molecule has 0 aliphatic carbocycles. The minimum Gasteiger partial charge on any atom is -0.490 e. The average Bonchev–Trinajstić information content (AvgIpc) is 2.54. The van der Waals surface area contributed by atoms with E-state index in [1.165, 1.54) is 16.6 Å². The normalized spacial score (nSPS) is 14.7. The number of fused-ring (bicyclic) bond motifs is 3. The Bertz CT molecular complexity index is 568. The van der Waals surface area contributed by atoms with Crippen molar-refractivity contribution >= 4 is 33.0 Å². The van der Waals surface area contributed by atoms with Crippen molar-refractivity contribution in [2.24, 2.45) is 0 Å². The number of benzene rings is 1. The molecule has 2 nitrogen and oxygen atoms in total.